The molecule has 0 radical (unpaired) electrons. The molecule has 1 aromatic carbocycles. The number of anilines is 2. The normalized spacial score (nSPS) is 25.0. The van der Waals surface area contributed by atoms with Gasteiger partial charge in [0, 0.05) is 58.4 Å². The number of benzene rings is 1. The van der Waals surface area contributed by atoms with Crippen LogP contribution in [-0.4, -0.2) is 77.8 Å². The largest absolute Gasteiger partial charge is 0.418 e. The van der Waals surface area contributed by atoms with Crippen LogP contribution in [0.5, 0.6) is 0 Å². The van der Waals surface area contributed by atoms with Gasteiger partial charge in [-0.3, -0.25) is 9.69 Å². The molecule has 39 heavy (non-hydrogen) atoms. The summed E-state index contributed by atoms with van der Waals surface area (Å²) in [5, 5.41) is 4.17. The molecule has 2 aliphatic heterocycles. The Hall–Kier alpha value is -3.08. The lowest BCUT2D eigenvalue weighted by atomic mass is 9.83. The Morgan fingerprint density at radius 1 is 1.18 bits per heavy atom. The van der Waals surface area contributed by atoms with E-state index in [1.165, 1.54) is 28.8 Å². The zero-order chi connectivity index (χ0) is 28.1. The van der Waals surface area contributed by atoms with E-state index in [-0.39, 0.29) is 29.1 Å². The number of alkyl halides is 3. The van der Waals surface area contributed by atoms with Crippen molar-refractivity contribution in [2.45, 2.75) is 58.3 Å². The van der Waals surface area contributed by atoms with Gasteiger partial charge in [0.1, 0.15) is 0 Å². The second-order valence-electron chi connectivity index (χ2n) is 11.8. The first kappa shape index (κ1) is 27.5. The summed E-state index contributed by atoms with van der Waals surface area (Å²) in [4.78, 5) is 32.0. The van der Waals surface area contributed by atoms with Crippen LogP contribution in [-0.2, 0) is 17.5 Å². The fourth-order valence-electron chi connectivity index (χ4n) is 6.62. The van der Waals surface area contributed by atoms with Gasteiger partial charge in [0.15, 0.2) is 0 Å². The first-order valence-electron chi connectivity index (χ1n) is 13.6. The van der Waals surface area contributed by atoms with E-state index >= 15 is 0 Å². The minimum absolute atomic E-state index is 0.0719. The second-order valence-corrected chi connectivity index (χ2v) is 11.8. The van der Waals surface area contributed by atoms with E-state index in [4.69, 9.17) is 0 Å². The van der Waals surface area contributed by atoms with Crippen LogP contribution in [0.25, 0.3) is 0 Å². The number of carbonyl (C=O) groups is 2. The molecule has 1 aromatic heterocycles. The average molecular weight is 547 g/mol. The van der Waals surface area contributed by atoms with Crippen LogP contribution < -0.4 is 9.80 Å². The van der Waals surface area contributed by atoms with Gasteiger partial charge in [0.05, 0.1) is 23.6 Å². The maximum atomic E-state index is 13.9. The molecule has 0 spiro atoms. The number of fused-ring (bicyclic) bond motifs is 1. The van der Waals surface area contributed by atoms with E-state index in [2.05, 4.69) is 16.9 Å². The van der Waals surface area contributed by atoms with Crippen LogP contribution in [0.2, 0.25) is 0 Å². The SMILES string of the molecule is CC(=O)N(C)c1cnn(C(=O)N2C[C@@H]3C[C@@H](N(C)Cc4ccc(N5CCCC5)c(C(F)(F)F)c4)CC3(C)C2)c1. The van der Waals surface area contributed by atoms with Gasteiger partial charge in [-0.05, 0) is 61.8 Å². The first-order valence-corrected chi connectivity index (χ1v) is 13.6. The molecule has 0 N–H and O–H groups in total. The average Bonchev–Trinajstić information content (AvgIpc) is 3.65. The molecule has 3 heterocycles. The summed E-state index contributed by atoms with van der Waals surface area (Å²) in [6.07, 6.45) is 2.28. The van der Waals surface area contributed by atoms with Gasteiger partial charge in [-0.15, -0.1) is 0 Å². The monoisotopic (exact) mass is 546 g/mol. The molecule has 8 nitrogen and oxygen atoms in total. The lowest BCUT2D eigenvalue weighted by Gasteiger charge is -2.29. The maximum absolute atomic E-state index is 13.9. The Kier molecular flexibility index (Phi) is 7.15. The van der Waals surface area contributed by atoms with Crippen molar-refractivity contribution in [3.05, 3.63) is 41.7 Å². The number of rotatable bonds is 5. The highest BCUT2D eigenvalue weighted by atomic mass is 19.4. The molecular weight excluding hydrogens is 509 g/mol. The number of halogens is 3. The van der Waals surface area contributed by atoms with Crippen molar-refractivity contribution in [1.29, 1.82) is 0 Å². The van der Waals surface area contributed by atoms with Crippen LogP contribution in [0, 0.1) is 11.3 Å². The van der Waals surface area contributed by atoms with E-state index in [1.807, 2.05) is 22.9 Å². The lowest BCUT2D eigenvalue weighted by molar-refractivity contribution is -0.137. The zero-order valence-electron chi connectivity index (χ0n) is 23.0. The summed E-state index contributed by atoms with van der Waals surface area (Å²) in [5.41, 5.74) is 0.895. The number of hydrogen-bond acceptors (Lipinski definition) is 5. The standard InChI is InChI=1S/C28H37F3N6O2/c1-19(38)34(4)23-14-32-37(17-23)26(39)36-16-21-12-22(13-27(21,2)18-36)33(3)15-20-7-8-25(35-9-5-6-10-35)24(11-20)28(29,30)31/h7-8,11,14,17,21-22H,5-6,9-10,12-13,15-16,18H2,1-4H3/t21-,22+,27?/m0/s1. The Bertz CT molecular complexity index is 1240. The van der Waals surface area contributed by atoms with Crippen molar-refractivity contribution < 1.29 is 22.8 Å². The van der Waals surface area contributed by atoms with Gasteiger partial charge < -0.3 is 14.7 Å². The summed E-state index contributed by atoms with van der Waals surface area (Å²) >= 11 is 0. The molecule has 3 aliphatic rings. The fraction of sp³-hybridized carbons (Fsp3) is 0.607. The molecule has 1 unspecified atom stereocenters. The lowest BCUT2D eigenvalue weighted by Crippen LogP contribution is -2.37. The molecule has 2 saturated heterocycles. The Morgan fingerprint density at radius 2 is 1.90 bits per heavy atom. The molecule has 3 atom stereocenters. The minimum Gasteiger partial charge on any atom is -0.371 e. The number of carbonyl (C=O) groups excluding carboxylic acids is 2. The quantitative estimate of drug-likeness (QED) is 0.545. The van der Waals surface area contributed by atoms with Crippen LogP contribution in [0.1, 0.15) is 50.7 Å². The van der Waals surface area contributed by atoms with Crippen molar-refractivity contribution in [2.75, 3.05) is 50.1 Å². The predicted octanol–water partition coefficient (Wildman–Crippen LogP) is 4.69. The van der Waals surface area contributed by atoms with Gasteiger partial charge in [0.2, 0.25) is 5.91 Å². The van der Waals surface area contributed by atoms with E-state index in [1.54, 1.807) is 19.3 Å². The highest BCUT2D eigenvalue weighted by Crippen LogP contribution is 2.50. The number of aromatic nitrogens is 2. The van der Waals surface area contributed by atoms with E-state index in [0.717, 1.165) is 25.7 Å². The number of amides is 2. The minimum atomic E-state index is -4.39. The smallest absolute Gasteiger partial charge is 0.371 e. The van der Waals surface area contributed by atoms with Gasteiger partial charge in [-0.25, -0.2) is 4.79 Å². The molecule has 3 fully saturated rings. The molecule has 0 bridgehead atoms. The third kappa shape index (κ3) is 5.37. The Morgan fingerprint density at radius 3 is 2.54 bits per heavy atom. The highest BCUT2D eigenvalue weighted by molar-refractivity contribution is 5.91. The molecule has 1 saturated carbocycles. The molecule has 212 valence electrons. The number of nitrogens with zero attached hydrogens (tertiary/aromatic N) is 6. The summed E-state index contributed by atoms with van der Waals surface area (Å²) < 4.78 is 43.1. The topological polar surface area (TPSA) is 64.9 Å². The van der Waals surface area contributed by atoms with Crippen LogP contribution in [0.15, 0.2) is 30.6 Å². The Labute approximate surface area is 227 Å². The molecule has 1 aliphatic carbocycles. The van der Waals surface area contributed by atoms with Crippen molar-refractivity contribution in [2.24, 2.45) is 11.3 Å². The summed E-state index contributed by atoms with van der Waals surface area (Å²) in [7, 11) is 3.62. The third-order valence-electron chi connectivity index (χ3n) is 9.00. The third-order valence-corrected chi connectivity index (χ3v) is 9.00. The van der Waals surface area contributed by atoms with Crippen molar-refractivity contribution in [1.82, 2.24) is 19.6 Å². The van der Waals surface area contributed by atoms with Gasteiger partial charge >= 0.3 is 12.2 Å². The predicted molar refractivity (Wildman–Crippen MR) is 143 cm³/mol. The number of hydrogen-bond donors (Lipinski definition) is 0. The van der Waals surface area contributed by atoms with Gasteiger partial charge in [-0.1, -0.05) is 13.0 Å². The maximum Gasteiger partial charge on any atom is 0.418 e. The summed E-state index contributed by atoms with van der Waals surface area (Å²) in [5.74, 6) is 0.157. The van der Waals surface area contributed by atoms with Gasteiger partial charge in [-0.2, -0.15) is 23.0 Å². The first-order chi connectivity index (χ1) is 18.4. The zero-order valence-corrected chi connectivity index (χ0v) is 23.0. The fourth-order valence-corrected chi connectivity index (χ4v) is 6.62. The van der Waals surface area contributed by atoms with Crippen molar-refractivity contribution >= 4 is 23.3 Å². The molecule has 2 aromatic rings. The summed E-state index contributed by atoms with van der Waals surface area (Å²) in [6.45, 7) is 6.64. The van der Waals surface area contributed by atoms with E-state index < -0.39 is 11.7 Å². The number of likely N-dealkylation sites (tertiary alicyclic amines) is 1. The molecule has 5 rings (SSSR count). The Balaban J connectivity index is 1.22. The highest BCUT2D eigenvalue weighted by Gasteiger charge is 2.52. The van der Waals surface area contributed by atoms with Crippen molar-refractivity contribution in [3.8, 4) is 0 Å². The van der Waals surface area contributed by atoms with Crippen LogP contribution in [0.3, 0.4) is 0 Å². The second kappa shape index (κ2) is 10.1. The van der Waals surface area contributed by atoms with Crippen molar-refractivity contribution in [3.63, 3.8) is 0 Å². The van der Waals surface area contributed by atoms with Crippen LogP contribution in [0.4, 0.5) is 29.3 Å². The molecule has 2 amide bonds. The van der Waals surface area contributed by atoms with E-state index in [0.29, 0.717) is 49.9 Å². The summed E-state index contributed by atoms with van der Waals surface area (Å²) in [6, 6.07) is 4.81. The van der Waals surface area contributed by atoms with Crippen LogP contribution >= 0.6 is 0 Å². The molecule has 11 heteroatoms. The van der Waals surface area contributed by atoms with E-state index in [9.17, 15) is 22.8 Å². The molecular formula is C28H37F3N6O2. The van der Waals surface area contributed by atoms with Gasteiger partial charge in [0.25, 0.3) is 0 Å².